The summed E-state index contributed by atoms with van der Waals surface area (Å²) in [6, 6.07) is 13.4. The molecule has 1 N–H and O–H groups in total. The fourth-order valence-electron chi connectivity index (χ4n) is 3.97. The number of fused-ring (bicyclic) bond motifs is 1. The van der Waals surface area contributed by atoms with Gasteiger partial charge in [-0.3, -0.25) is 4.57 Å². The summed E-state index contributed by atoms with van der Waals surface area (Å²) >= 11 is 0. The van der Waals surface area contributed by atoms with Crippen LogP contribution in [0.15, 0.2) is 47.3 Å². The zero-order valence-electron chi connectivity index (χ0n) is 16.8. The van der Waals surface area contributed by atoms with Gasteiger partial charge < -0.3 is 10.2 Å². The molecular weight excluding hydrogens is 393 g/mol. The van der Waals surface area contributed by atoms with Gasteiger partial charge in [-0.15, -0.1) is 0 Å². The highest BCUT2D eigenvalue weighted by Gasteiger charge is 2.41. The van der Waals surface area contributed by atoms with E-state index in [0.717, 1.165) is 28.0 Å². The van der Waals surface area contributed by atoms with E-state index in [9.17, 15) is 18.0 Å². The maximum absolute atomic E-state index is 12.8. The van der Waals surface area contributed by atoms with Crippen LogP contribution < -0.4 is 15.9 Å². The monoisotopic (exact) mass is 416 g/mol. The lowest BCUT2D eigenvalue weighted by molar-refractivity contribution is -0.179. The molecule has 1 fully saturated rings. The second kappa shape index (κ2) is 7.66. The minimum Gasteiger partial charge on any atom is -0.372 e. The van der Waals surface area contributed by atoms with Crippen LogP contribution in [-0.4, -0.2) is 28.8 Å². The maximum Gasteiger partial charge on any atom is 0.391 e. The van der Waals surface area contributed by atoms with Gasteiger partial charge in [-0.2, -0.15) is 18.2 Å². The van der Waals surface area contributed by atoms with Crippen LogP contribution in [0, 0.1) is 12.8 Å². The molecule has 3 aromatic rings. The van der Waals surface area contributed by atoms with Gasteiger partial charge in [0.2, 0.25) is 0 Å². The molecule has 8 heteroatoms. The quantitative estimate of drug-likeness (QED) is 0.669. The lowest BCUT2D eigenvalue weighted by Crippen LogP contribution is -2.38. The van der Waals surface area contributed by atoms with Gasteiger partial charge in [-0.25, -0.2) is 4.79 Å². The number of hydrogen-bond donors (Lipinski definition) is 1. The number of alkyl halides is 3. The van der Waals surface area contributed by atoms with E-state index in [1.165, 1.54) is 4.57 Å². The van der Waals surface area contributed by atoms with E-state index >= 15 is 0 Å². The smallest absolute Gasteiger partial charge is 0.372 e. The summed E-state index contributed by atoms with van der Waals surface area (Å²) in [4.78, 5) is 17.9. The summed E-state index contributed by atoms with van der Waals surface area (Å²) in [6.45, 7) is 2.63. The number of benzene rings is 2. The molecule has 0 unspecified atom stereocenters. The number of aryl methyl sites for hydroxylation is 2. The number of piperidine rings is 1. The molecule has 0 aliphatic carbocycles. The van der Waals surface area contributed by atoms with Crippen LogP contribution in [0.25, 0.3) is 10.9 Å². The third kappa shape index (κ3) is 3.99. The summed E-state index contributed by atoms with van der Waals surface area (Å²) in [5, 5.41) is 4.23. The van der Waals surface area contributed by atoms with Crippen molar-refractivity contribution in [3.05, 3.63) is 58.6 Å². The first kappa shape index (κ1) is 20.3. The van der Waals surface area contributed by atoms with E-state index in [1.807, 2.05) is 54.3 Å². The van der Waals surface area contributed by atoms with Crippen molar-refractivity contribution in [3.63, 3.8) is 0 Å². The van der Waals surface area contributed by atoms with Crippen LogP contribution in [-0.2, 0) is 7.05 Å². The fraction of sp³-hybridized carbons (Fsp3) is 0.364. The Labute approximate surface area is 172 Å². The van der Waals surface area contributed by atoms with Crippen LogP contribution >= 0.6 is 0 Å². The summed E-state index contributed by atoms with van der Waals surface area (Å²) < 4.78 is 40.1. The van der Waals surface area contributed by atoms with Crippen LogP contribution in [0.2, 0.25) is 0 Å². The first-order valence-electron chi connectivity index (χ1n) is 9.88. The Hall–Kier alpha value is -3.03. The number of anilines is 3. The normalized spacial score (nSPS) is 15.6. The molecule has 5 nitrogen and oxygen atoms in total. The average Bonchev–Trinajstić information content (AvgIpc) is 2.72. The van der Waals surface area contributed by atoms with Crippen molar-refractivity contribution in [3.8, 4) is 0 Å². The standard InChI is InChI=1S/C22H23F3N4O/c1-14-19-13-17(5-8-20(19)28(2)21(30)26-14)27-16-3-6-18(7-4-16)29-11-9-15(10-12-29)22(23,24)25/h3-8,13,15,27H,9-12H2,1-2H3. The zero-order chi connectivity index (χ0) is 21.5. The molecule has 1 aliphatic heterocycles. The highest BCUT2D eigenvalue weighted by molar-refractivity contribution is 5.85. The molecule has 0 amide bonds. The summed E-state index contributed by atoms with van der Waals surface area (Å²) in [7, 11) is 1.69. The summed E-state index contributed by atoms with van der Waals surface area (Å²) in [6.07, 6.45) is -3.83. The van der Waals surface area contributed by atoms with Gasteiger partial charge in [-0.1, -0.05) is 0 Å². The summed E-state index contributed by atoms with van der Waals surface area (Å²) in [5.41, 5.74) is 3.87. The Morgan fingerprint density at radius 1 is 1.03 bits per heavy atom. The van der Waals surface area contributed by atoms with E-state index < -0.39 is 12.1 Å². The number of nitrogens with one attached hydrogen (secondary N) is 1. The number of rotatable bonds is 3. The number of aromatic nitrogens is 2. The first-order chi connectivity index (χ1) is 14.2. The lowest BCUT2D eigenvalue weighted by Gasteiger charge is -2.34. The topological polar surface area (TPSA) is 50.2 Å². The molecule has 1 aromatic heterocycles. The number of nitrogens with zero attached hydrogens (tertiary/aromatic N) is 3. The van der Waals surface area contributed by atoms with Crippen molar-refractivity contribution >= 4 is 28.0 Å². The van der Waals surface area contributed by atoms with Crippen LogP contribution in [0.4, 0.5) is 30.2 Å². The molecule has 2 aromatic carbocycles. The first-order valence-corrected chi connectivity index (χ1v) is 9.88. The Bertz CT molecular complexity index is 1110. The van der Waals surface area contributed by atoms with Crippen molar-refractivity contribution < 1.29 is 13.2 Å². The van der Waals surface area contributed by atoms with Crippen molar-refractivity contribution in [1.29, 1.82) is 0 Å². The second-order valence-electron chi connectivity index (χ2n) is 7.75. The molecule has 0 saturated carbocycles. The molecule has 0 bridgehead atoms. The van der Waals surface area contributed by atoms with E-state index in [0.29, 0.717) is 18.8 Å². The van der Waals surface area contributed by atoms with E-state index in [-0.39, 0.29) is 18.5 Å². The van der Waals surface area contributed by atoms with Crippen LogP contribution in [0.3, 0.4) is 0 Å². The lowest BCUT2D eigenvalue weighted by atomic mass is 9.96. The molecule has 0 spiro atoms. The maximum atomic E-state index is 12.8. The SMILES string of the molecule is Cc1nc(=O)n(C)c2ccc(Nc3ccc(N4CCC(C(F)(F)F)CC4)cc3)cc12. The van der Waals surface area contributed by atoms with Crippen molar-refractivity contribution in [2.75, 3.05) is 23.3 Å². The molecule has 1 aliphatic rings. The molecule has 2 heterocycles. The molecule has 1 saturated heterocycles. The van der Waals surface area contributed by atoms with Gasteiger partial charge in [0.1, 0.15) is 0 Å². The Morgan fingerprint density at radius 2 is 1.67 bits per heavy atom. The largest absolute Gasteiger partial charge is 0.391 e. The Morgan fingerprint density at radius 3 is 2.30 bits per heavy atom. The minimum atomic E-state index is -4.10. The Kier molecular flexibility index (Phi) is 5.17. The van der Waals surface area contributed by atoms with Crippen LogP contribution in [0.5, 0.6) is 0 Å². The van der Waals surface area contributed by atoms with E-state index in [1.54, 1.807) is 7.05 Å². The van der Waals surface area contributed by atoms with Crippen molar-refractivity contribution in [1.82, 2.24) is 9.55 Å². The summed E-state index contributed by atoms with van der Waals surface area (Å²) in [5.74, 6) is -1.19. The predicted octanol–water partition coefficient (Wildman–Crippen LogP) is 4.76. The minimum absolute atomic E-state index is 0.135. The molecule has 30 heavy (non-hydrogen) atoms. The highest BCUT2D eigenvalue weighted by Crippen LogP contribution is 2.35. The third-order valence-corrected chi connectivity index (χ3v) is 5.78. The molecule has 4 rings (SSSR count). The number of halogens is 3. The van der Waals surface area contributed by atoms with E-state index in [2.05, 4.69) is 10.3 Å². The molecule has 0 atom stereocenters. The highest BCUT2D eigenvalue weighted by atomic mass is 19.4. The van der Waals surface area contributed by atoms with Gasteiger partial charge in [0.15, 0.2) is 0 Å². The number of hydrogen-bond acceptors (Lipinski definition) is 4. The third-order valence-electron chi connectivity index (χ3n) is 5.78. The molecule has 158 valence electrons. The van der Waals surface area contributed by atoms with Crippen LogP contribution in [0.1, 0.15) is 18.5 Å². The van der Waals surface area contributed by atoms with Gasteiger partial charge in [0.25, 0.3) is 0 Å². The van der Waals surface area contributed by atoms with Gasteiger partial charge in [0.05, 0.1) is 17.1 Å². The van der Waals surface area contributed by atoms with Crippen molar-refractivity contribution in [2.45, 2.75) is 25.9 Å². The van der Waals surface area contributed by atoms with Gasteiger partial charge in [0, 0.05) is 42.6 Å². The Balaban J connectivity index is 1.47. The molecule has 0 radical (unpaired) electrons. The van der Waals surface area contributed by atoms with Crippen molar-refractivity contribution in [2.24, 2.45) is 13.0 Å². The zero-order valence-corrected chi connectivity index (χ0v) is 16.8. The van der Waals surface area contributed by atoms with Gasteiger partial charge >= 0.3 is 11.9 Å². The van der Waals surface area contributed by atoms with Gasteiger partial charge in [-0.05, 0) is 62.2 Å². The molecular formula is C22H23F3N4O. The second-order valence-corrected chi connectivity index (χ2v) is 7.75. The average molecular weight is 416 g/mol. The fourth-order valence-corrected chi connectivity index (χ4v) is 3.97. The predicted molar refractivity (Wildman–Crippen MR) is 112 cm³/mol. The van der Waals surface area contributed by atoms with E-state index in [4.69, 9.17) is 0 Å².